The average molecular weight is 302 g/mol. The minimum atomic E-state index is -0.435. The highest BCUT2D eigenvalue weighted by atomic mass is 16.6. The third kappa shape index (κ3) is 3.61. The first-order valence-corrected chi connectivity index (χ1v) is 8.21. The molecule has 0 unspecified atom stereocenters. The van der Waals surface area contributed by atoms with Crippen molar-refractivity contribution >= 4 is 6.09 Å². The molecule has 1 N–H and O–H groups in total. The predicted molar refractivity (Wildman–Crippen MR) is 87.0 cm³/mol. The van der Waals surface area contributed by atoms with Crippen LogP contribution in [0.25, 0.3) is 0 Å². The molecule has 1 saturated heterocycles. The molecule has 4 nitrogen and oxygen atoms in total. The van der Waals surface area contributed by atoms with E-state index in [0.29, 0.717) is 6.04 Å². The lowest BCUT2D eigenvalue weighted by Gasteiger charge is -2.24. The van der Waals surface area contributed by atoms with E-state index < -0.39 is 5.60 Å². The Labute approximate surface area is 132 Å². The Morgan fingerprint density at radius 3 is 2.45 bits per heavy atom. The lowest BCUT2D eigenvalue weighted by Crippen LogP contribution is -2.42. The molecule has 0 bridgehead atoms. The van der Waals surface area contributed by atoms with Crippen LogP contribution in [0.15, 0.2) is 24.3 Å². The normalized spacial score (nSPS) is 22.6. The van der Waals surface area contributed by atoms with Crippen LogP contribution in [0, 0.1) is 0 Å². The van der Waals surface area contributed by atoms with Crippen LogP contribution in [0.1, 0.15) is 38.3 Å². The minimum absolute atomic E-state index is 0.207. The van der Waals surface area contributed by atoms with E-state index in [0.717, 1.165) is 32.4 Å². The number of fused-ring (bicyclic) bond motifs is 1. The van der Waals surface area contributed by atoms with E-state index in [4.69, 9.17) is 4.74 Å². The first-order valence-electron chi connectivity index (χ1n) is 8.21. The van der Waals surface area contributed by atoms with Crippen LogP contribution in [0.3, 0.4) is 0 Å². The van der Waals surface area contributed by atoms with Crippen LogP contribution >= 0.6 is 0 Å². The average Bonchev–Trinajstić information content (AvgIpc) is 3.01. The lowest BCUT2D eigenvalue weighted by atomic mass is 10.1. The number of hydrogen-bond acceptors (Lipinski definition) is 3. The van der Waals surface area contributed by atoms with Crippen molar-refractivity contribution in [3.63, 3.8) is 0 Å². The third-order valence-corrected chi connectivity index (χ3v) is 4.49. The second kappa shape index (κ2) is 5.92. The van der Waals surface area contributed by atoms with Gasteiger partial charge in [0.2, 0.25) is 0 Å². The highest BCUT2D eigenvalue weighted by Crippen LogP contribution is 2.27. The molecule has 1 aromatic rings. The van der Waals surface area contributed by atoms with Gasteiger partial charge in [-0.15, -0.1) is 0 Å². The Kier molecular flexibility index (Phi) is 4.13. The van der Waals surface area contributed by atoms with Gasteiger partial charge in [0.05, 0.1) is 0 Å². The second-order valence-corrected chi connectivity index (χ2v) is 7.46. The molecule has 1 fully saturated rings. The highest BCUT2D eigenvalue weighted by molar-refractivity contribution is 5.68. The van der Waals surface area contributed by atoms with Gasteiger partial charge in [0.1, 0.15) is 5.60 Å². The molecule has 1 heterocycles. The van der Waals surface area contributed by atoms with Crippen molar-refractivity contribution in [2.75, 3.05) is 13.1 Å². The molecule has 1 atom stereocenters. The summed E-state index contributed by atoms with van der Waals surface area (Å²) in [6.45, 7) is 7.66. The molecule has 22 heavy (non-hydrogen) atoms. The van der Waals surface area contributed by atoms with Crippen molar-refractivity contribution in [1.82, 2.24) is 10.2 Å². The Morgan fingerprint density at radius 1 is 1.23 bits per heavy atom. The van der Waals surface area contributed by atoms with Gasteiger partial charge < -0.3 is 10.1 Å². The number of alkyl carbamates (subject to hydrolysis) is 1. The van der Waals surface area contributed by atoms with E-state index in [1.165, 1.54) is 11.1 Å². The zero-order valence-corrected chi connectivity index (χ0v) is 13.8. The van der Waals surface area contributed by atoms with E-state index in [2.05, 4.69) is 34.5 Å². The Bertz CT molecular complexity index is 525. The first kappa shape index (κ1) is 15.3. The van der Waals surface area contributed by atoms with E-state index in [1.54, 1.807) is 0 Å². The number of carbonyl (C=O) groups excluding carboxylic acids is 1. The van der Waals surface area contributed by atoms with Crippen molar-refractivity contribution < 1.29 is 9.53 Å². The SMILES string of the molecule is CC(C)(C)OC(=O)N[C@@H]1CCN(C2Cc3ccccc3C2)C1. The third-order valence-electron chi connectivity index (χ3n) is 4.49. The van der Waals surface area contributed by atoms with E-state index >= 15 is 0 Å². The molecule has 0 aromatic heterocycles. The molecular weight excluding hydrogens is 276 g/mol. The lowest BCUT2D eigenvalue weighted by molar-refractivity contribution is 0.0504. The van der Waals surface area contributed by atoms with Crippen molar-refractivity contribution in [3.05, 3.63) is 35.4 Å². The van der Waals surface area contributed by atoms with Crippen LogP contribution in [-0.4, -0.2) is 41.8 Å². The van der Waals surface area contributed by atoms with Crippen LogP contribution in [0.2, 0.25) is 0 Å². The van der Waals surface area contributed by atoms with Crippen LogP contribution in [-0.2, 0) is 17.6 Å². The topological polar surface area (TPSA) is 41.6 Å². The molecule has 0 radical (unpaired) electrons. The van der Waals surface area contributed by atoms with E-state index in [-0.39, 0.29) is 12.1 Å². The van der Waals surface area contributed by atoms with Gasteiger partial charge in [0, 0.05) is 25.2 Å². The number of nitrogens with zero attached hydrogens (tertiary/aromatic N) is 1. The summed E-state index contributed by atoms with van der Waals surface area (Å²) in [7, 11) is 0. The number of benzene rings is 1. The van der Waals surface area contributed by atoms with Gasteiger partial charge in [-0.25, -0.2) is 4.79 Å². The fourth-order valence-electron chi connectivity index (χ4n) is 3.50. The maximum absolute atomic E-state index is 11.9. The van der Waals surface area contributed by atoms with Crippen LogP contribution in [0.4, 0.5) is 4.79 Å². The summed E-state index contributed by atoms with van der Waals surface area (Å²) in [5.74, 6) is 0. The number of rotatable bonds is 2. The summed E-state index contributed by atoms with van der Waals surface area (Å²) < 4.78 is 5.34. The van der Waals surface area contributed by atoms with E-state index in [9.17, 15) is 4.79 Å². The maximum atomic E-state index is 11.9. The molecular formula is C18H26N2O2. The molecule has 1 aliphatic heterocycles. The maximum Gasteiger partial charge on any atom is 0.407 e. The van der Waals surface area contributed by atoms with Gasteiger partial charge in [-0.05, 0) is 51.2 Å². The largest absolute Gasteiger partial charge is 0.444 e. The monoisotopic (exact) mass is 302 g/mol. The number of hydrogen-bond donors (Lipinski definition) is 1. The van der Waals surface area contributed by atoms with Crippen molar-refractivity contribution in [3.8, 4) is 0 Å². The molecule has 4 heteroatoms. The summed E-state index contributed by atoms with van der Waals surface area (Å²) in [6, 6.07) is 9.51. The first-order chi connectivity index (χ1) is 10.4. The smallest absolute Gasteiger partial charge is 0.407 e. The molecule has 1 aliphatic carbocycles. The predicted octanol–water partition coefficient (Wildman–Crippen LogP) is 2.75. The Morgan fingerprint density at radius 2 is 1.86 bits per heavy atom. The highest BCUT2D eigenvalue weighted by Gasteiger charge is 2.33. The fraction of sp³-hybridized carbons (Fsp3) is 0.611. The van der Waals surface area contributed by atoms with Crippen LogP contribution < -0.4 is 5.32 Å². The van der Waals surface area contributed by atoms with Crippen molar-refractivity contribution in [2.45, 2.75) is 57.7 Å². The Balaban J connectivity index is 1.50. The number of carbonyl (C=O) groups is 1. The summed E-state index contributed by atoms with van der Waals surface area (Å²) in [5, 5.41) is 3.01. The second-order valence-electron chi connectivity index (χ2n) is 7.46. The molecule has 1 amide bonds. The molecule has 0 spiro atoms. The summed E-state index contributed by atoms with van der Waals surface area (Å²) in [4.78, 5) is 14.4. The number of amides is 1. The van der Waals surface area contributed by atoms with Gasteiger partial charge in [-0.1, -0.05) is 24.3 Å². The zero-order chi connectivity index (χ0) is 15.7. The number of likely N-dealkylation sites (tertiary alicyclic amines) is 1. The quantitative estimate of drug-likeness (QED) is 0.913. The summed E-state index contributed by atoms with van der Waals surface area (Å²) >= 11 is 0. The van der Waals surface area contributed by atoms with Gasteiger partial charge in [0.15, 0.2) is 0 Å². The van der Waals surface area contributed by atoms with Gasteiger partial charge in [0.25, 0.3) is 0 Å². The number of ether oxygens (including phenoxy) is 1. The van der Waals surface area contributed by atoms with Gasteiger partial charge in [-0.3, -0.25) is 4.90 Å². The molecule has 0 saturated carbocycles. The molecule has 120 valence electrons. The van der Waals surface area contributed by atoms with Crippen molar-refractivity contribution in [1.29, 1.82) is 0 Å². The van der Waals surface area contributed by atoms with Gasteiger partial charge in [-0.2, -0.15) is 0 Å². The molecule has 2 aliphatic rings. The fourth-order valence-corrected chi connectivity index (χ4v) is 3.50. The van der Waals surface area contributed by atoms with Crippen molar-refractivity contribution in [2.24, 2.45) is 0 Å². The number of nitrogens with one attached hydrogen (secondary N) is 1. The van der Waals surface area contributed by atoms with E-state index in [1.807, 2.05) is 20.8 Å². The standard InChI is InChI=1S/C18H26N2O2/c1-18(2,3)22-17(21)19-15-8-9-20(12-15)16-10-13-6-4-5-7-14(13)11-16/h4-7,15-16H,8-12H2,1-3H3,(H,19,21)/t15-/m1/s1. The molecule has 1 aromatic carbocycles. The van der Waals surface area contributed by atoms with Crippen LogP contribution in [0.5, 0.6) is 0 Å². The minimum Gasteiger partial charge on any atom is -0.444 e. The molecule has 3 rings (SSSR count). The Hall–Kier alpha value is -1.55. The zero-order valence-electron chi connectivity index (χ0n) is 13.8. The summed E-state index contributed by atoms with van der Waals surface area (Å²) in [5.41, 5.74) is 2.53. The summed E-state index contributed by atoms with van der Waals surface area (Å²) in [6.07, 6.45) is 2.98. The van der Waals surface area contributed by atoms with Gasteiger partial charge >= 0.3 is 6.09 Å².